The molecule has 0 bridgehead atoms. The quantitative estimate of drug-likeness (QED) is 0.774. The predicted molar refractivity (Wildman–Crippen MR) is 103 cm³/mol. The molecule has 3 heterocycles. The van der Waals surface area contributed by atoms with Crippen LogP contribution in [-0.4, -0.2) is 54.7 Å². The van der Waals surface area contributed by atoms with E-state index in [2.05, 4.69) is 9.97 Å². The first-order valence-corrected chi connectivity index (χ1v) is 10.8. The molecule has 0 N–H and O–H groups in total. The van der Waals surface area contributed by atoms with Gasteiger partial charge >= 0.3 is 0 Å². The van der Waals surface area contributed by atoms with Gasteiger partial charge in [0.15, 0.2) is 5.82 Å². The van der Waals surface area contributed by atoms with Gasteiger partial charge in [0.2, 0.25) is 16.0 Å². The van der Waals surface area contributed by atoms with Crippen LogP contribution in [0.3, 0.4) is 0 Å². The van der Waals surface area contributed by atoms with E-state index >= 15 is 0 Å². The molecule has 2 atom stereocenters. The molecule has 0 saturated carbocycles. The third-order valence-electron chi connectivity index (χ3n) is 5.57. The molecule has 0 spiro atoms. The molecule has 4 rings (SSSR count). The predicted octanol–water partition coefficient (Wildman–Crippen LogP) is 2.05. The average molecular weight is 406 g/mol. The molecule has 2 aliphatic rings. The molecular formula is C19H23FN4O3S. The first-order chi connectivity index (χ1) is 13.5. The largest absolute Gasteiger partial charge is 0.497 e. The maximum atomic E-state index is 13.1. The molecule has 0 radical (unpaired) electrons. The van der Waals surface area contributed by atoms with Crippen LogP contribution in [0.4, 0.5) is 10.3 Å². The lowest BCUT2D eigenvalue weighted by atomic mass is 10.0. The lowest BCUT2D eigenvalue weighted by Crippen LogP contribution is -2.32. The van der Waals surface area contributed by atoms with E-state index in [0.717, 1.165) is 30.1 Å². The number of methoxy groups -OCH3 is 1. The van der Waals surface area contributed by atoms with Gasteiger partial charge in [0.25, 0.3) is 0 Å². The second-order valence-electron chi connectivity index (χ2n) is 7.25. The molecule has 9 heteroatoms. The van der Waals surface area contributed by atoms with Crippen molar-refractivity contribution >= 4 is 16.0 Å². The van der Waals surface area contributed by atoms with Gasteiger partial charge in [0, 0.05) is 26.2 Å². The van der Waals surface area contributed by atoms with Crippen LogP contribution < -0.4 is 9.64 Å². The summed E-state index contributed by atoms with van der Waals surface area (Å²) in [6.45, 7) is 2.11. The smallest absolute Gasteiger partial charge is 0.225 e. The molecule has 7 nitrogen and oxygen atoms in total. The molecule has 2 saturated heterocycles. The summed E-state index contributed by atoms with van der Waals surface area (Å²) in [7, 11) is -1.76. The monoisotopic (exact) mass is 406 g/mol. The van der Waals surface area contributed by atoms with E-state index in [1.165, 1.54) is 0 Å². The van der Waals surface area contributed by atoms with Crippen molar-refractivity contribution < 1.29 is 17.5 Å². The minimum atomic E-state index is -3.36. The van der Waals surface area contributed by atoms with Crippen molar-refractivity contribution in [1.29, 1.82) is 0 Å². The molecule has 1 aromatic carbocycles. The standard InChI is InChI=1S/C19H23FN4O3S/c1-27-17-4-2-14(3-5-17)12-24-13-15-6-8-23(9-7-18(15)28(24,25)26)19-21-10-16(20)11-22-19/h2-5,10-11,15,18H,6-9,12-13H2,1H3/t15-,18-/m0/s1. The Kier molecular flexibility index (Phi) is 5.20. The summed E-state index contributed by atoms with van der Waals surface area (Å²) in [5.41, 5.74) is 0.946. The van der Waals surface area contributed by atoms with Gasteiger partial charge in [0.05, 0.1) is 24.8 Å². The average Bonchev–Trinajstić information content (AvgIpc) is 2.84. The highest BCUT2D eigenvalue weighted by atomic mass is 32.2. The van der Waals surface area contributed by atoms with Gasteiger partial charge in [-0.3, -0.25) is 0 Å². The SMILES string of the molecule is COc1ccc(CN2C[C@@H]3CCN(c4ncc(F)cn4)CC[C@@H]3S2(=O)=O)cc1. The van der Waals surface area contributed by atoms with Crippen molar-refractivity contribution in [2.24, 2.45) is 5.92 Å². The summed E-state index contributed by atoms with van der Waals surface area (Å²) in [6, 6.07) is 7.49. The van der Waals surface area contributed by atoms with Crippen molar-refractivity contribution in [3.05, 3.63) is 48.0 Å². The lowest BCUT2D eigenvalue weighted by molar-refractivity contribution is 0.380. The minimum Gasteiger partial charge on any atom is -0.497 e. The second kappa shape index (κ2) is 7.63. The number of sulfonamides is 1. The summed E-state index contributed by atoms with van der Waals surface area (Å²) in [5, 5.41) is -0.392. The Balaban J connectivity index is 1.46. The number of fused-ring (bicyclic) bond motifs is 1. The van der Waals surface area contributed by atoms with Crippen LogP contribution in [0.15, 0.2) is 36.7 Å². The summed E-state index contributed by atoms with van der Waals surface area (Å²) < 4.78 is 46.0. The van der Waals surface area contributed by atoms with Crippen LogP contribution >= 0.6 is 0 Å². The Morgan fingerprint density at radius 2 is 1.82 bits per heavy atom. The Morgan fingerprint density at radius 3 is 2.50 bits per heavy atom. The van der Waals surface area contributed by atoms with Crippen LogP contribution in [0.25, 0.3) is 0 Å². The highest BCUT2D eigenvalue weighted by molar-refractivity contribution is 7.90. The van der Waals surface area contributed by atoms with Gasteiger partial charge in [-0.25, -0.2) is 22.8 Å². The van der Waals surface area contributed by atoms with Crippen molar-refractivity contribution in [3.63, 3.8) is 0 Å². The van der Waals surface area contributed by atoms with E-state index in [1.807, 2.05) is 29.2 Å². The molecule has 0 aliphatic carbocycles. The number of aromatic nitrogens is 2. The zero-order chi connectivity index (χ0) is 19.7. The number of anilines is 1. The molecule has 0 amide bonds. The number of halogens is 1. The summed E-state index contributed by atoms with van der Waals surface area (Å²) >= 11 is 0. The Morgan fingerprint density at radius 1 is 1.14 bits per heavy atom. The molecular weight excluding hydrogens is 383 g/mol. The highest BCUT2D eigenvalue weighted by Crippen LogP contribution is 2.35. The number of nitrogens with zero attached hydrogens (tertiary/aromatic N) is 4. The summed E-state index contributed by atoms with van der Waals surface area (Å²) in [6.07, 6.45) is 3.54. The van der Waals surface area contributed by atoms with E-state index in [0.29, 0.717) is 38.5 Å². The lowest BCUT2D eigenvalue weighted by Gasteiger charge is -2.22. The van der Waals surface area contributed by atoms with Crippen LogP contribution in [0.1, 0.15) is 18.4 Å². The molecule has 1 aromatic heterocycles. The fourth-order valence-corrected chi connectivity index (χ4v) is 6.28. The molecule has 2 aliphatic heterocycles. The van der Waals surface area contributed by atoms with Crippen molar-refractivity contribution in [1.82, 2.24) is 14.3 Å². The van der Waals surface area contributed by atoms with Crippen molar-refractivity contribution in [3.8, 4) is 5.75 Å². The maximum Gasteiger partial charge on any atom is 0.225 e. The molecule has 2 aromatic rings. The van der Waals surface area contributed by atoms with Crippen molar-refractivity contribution in [2.45, 2.75) is 24.6 Å². The first-order valence-electron chi connectivity index (χ1n) is 9.32. The van der Waals surface area contributed by atoms with Crippen LogP contribution in [0.5, 0.6) is 5.75 Å². The molecule has 2 fully saturated rings. The minimum absolute atomic E-state index is 0.0775. The maximum absolute atomic E-state index is 13.1. The Labute approximate surface area is 164 Å². The molecule has 28 heavy (non-hydrogen) atoms. The fourth-order valence-electron chi connectivity index (χ4n) is 4.05. The number of benzene rings is 1. The topological polar surface area (TPSA) is 75.6 Å². The zero-order valence-electron chi connectivity index (χ0n) is 15.7. The Hall–Kier alpha value is -2.26. The number of hydrogen-bond donors (Lipinski definition) is 0. The van der Waals surface area contributed by atoms with Gasteiger partial charge in [-0.2, -0.15) is 4.31 Å². The van der Waals surface area contributed by atoms with Gasteiger partial charge in [-0.15, -0.1) is 0 Å². The van der Waals surface area contributed by atoms with E-state index in [1.54, 1.807) is 11.4 Å². The normalized spacial score (nSPS) is 24.6. The van der Waals surface area contributed by atoms with Gasteiger partial charge < -0.3 is 9.64 Å². The molecule has 150 valence electrons. The molecule has 0 unspecified atom stereocenters. The van der Waals surface area contributed by atoms with Crippen LogP contribution in [-0.2, 0) is 16.6 Å². The van der Waals surface area contributed by atoms with Gasteiger partial charge in [-0.1, -0.05) is 12.1 Å². The third kappa shape index (κ3) is 3.68. The number of rotatable bonds is 4. The van der Waals surface area contributed by atoms with E-state index < -0.39 is 21.1 Å². The van der Waals surface area contributed by atoms with Crippen LogP contribution in [0.2, 0.25) is 0 Å². The zero-order valence-corrected chi connectivity index (χ0v) is 16.5. The van der Waals surface area contributed by atoms with E-state index in [4.69, 9.17) is 4.74 Å². The fraction of sp³-hybridized carbons (Fsp3) is 0.474. The number of hydrogen-bond acceptors (Lipinski definition) is 6. The number of ether oxygens (including phenoxy) is 1. The highest BCUT2D eigenvalue weighted by Gasteiger charge is 2.46. The summed E-state index contributed by atoms with van der Waals surface area (Å²) in [5.74, 6) is 0.802. The first kappa shape index (κ1) is 19.1. The van der Waals surface area contributed by atoms with Crippen molar-refractivity contribution in [2.75, 3.05) is 31.6 Å². The van der Waals surface area contributed by atoms with E-state index in [-0.39, 0.29) is 5.92 Å². The van der Waals surface area contributed by atoms with E-state index in [9.17, 15) is 12.8 Å². The van der Waals surface area contributed by atoms with Crippen LogP contribution in [0, 0.1) is 11.7 Å². The second-order valence-corrected chi connectivity index (χ2v) is 9.40. The summed E-state index contributed by atoms with van der Waals surface area (Å²) in [4.78, 5) is 10.0. The third-order valence-corrected chi connectivity index (χ3v) is 7.95. The van der Waals surface area contributed by atoms with Gasteiger partial charge in [-0.05, 0) is 36.5 Å². The Bertz CT molecular complexity index is 921. The van der Waals surface area contributed by atoms with Gasteiger partial charge in [0.1, 0.15) is 5.75 Å².